The van der Waals surface area contributed by atoms with Crippen LogP contribution in [0.25, 0.3) is 5.57 Å². The van der Waals surface area contributed by atoms with E-state index in [4.69, 9.17) is 0 Å². The second kappa shape index (κ2) is 6.86. The van der Waals surface area contributed by atoms with Crippen molar-refractivity contribution in [3.8, 4) is 0 Å². The van der Waals surface area contributed by atoms with E-state index in [1.807, 2.05) is 6.08 Å². The molecule has 0 unspecified atom stereocenters. The number of aromatic nitrogens is 1. The van der Waals surface area contributed by atoms with Gasteiger partial charge in [0.05, 0.1) is 0 Å². The number of fused-ring (bicyclic) bond motifs is 5. The van der Waals surface area contributed by atoms with E-state index >= 15 is 0 Å². The van der Waals surface area contributed by atoms with E-state index in [0.717, 1.165) is 49.8 Å². The molecule has 3 nitrogen and oxygen atoms in total. The summed E-state index contributed by atoms with van der Waals surface area (Å²) in [6, 6.07) is 1.60. The Balaban J connectivity index is 1.47. The largest absolute Gasteiger partial charge is 0.353 e. The topological polar surface area (TPSA) is 42.0 Å². The van der Waals surface area contributed by atoms with Crippen LogP contribution in [0, 0.1) is 22.7 Å². The molecule has 0 spiro atoms. The molecule has 0 radical (unpaired) electrons. The lowest BCUT2D eigenvalue weighted by Crippen LogP contribution is -2.46. The number of carbonyl (C=O) groups excluding carboxylic acids is 1. The number of nitrogens with one attached hydrogen (secondary N) is 1. The van der Waals surface area contributed by atoms with Crippen molar-refractivity contribution in [2.24, 2.45) is 22.7 Å². The molecule has 1 amide bonds. The highest BCUT2D eigenvalue weighted by atomic mass is 19.3. The highest BCUT2D eigenvalue weighted by Crippen LogP contribution is 2.64. The summed E-state index contributed by atoms with van der Waals surface area (Å²) in [5.41, 5.74) is 4.59. The van der Waals surface area contributed by atoms with E-state index in [9.17, 15) is 13.6 Å². The Morgan fingerprint density at radius 1 is 1.17 bits per heavy atom. The van der Waals surface area contributed by atoms with Gasteiger partial charge >= 0.3 is 0 Å². The molecule has 2 fully saturated rings. The number of rotatable bonds is 2. The molecular formula is C25H28F2N2O. The zero-order valence-electron chi connectivity index (χ0n) is 17.6. The zero-order valence-corrected chi connectivity index (χ0v) is 17.6. The van der Waals surface area contributed by atoms with Crippen LogP contribution in [0.4, 0.5) is 8.78 Å². The normalized spacial score (nSPS) is 35.4. The van der Waals surface area contributed by atoms with Crippen molar-refractivity contribution < 1.29 is 13.6 Å². The number of allylic oxidation sites excluding steroid dienone is 5. The van der Waals surface area contributed by atoms with Gasteiger partial charge in [-0.25, -0.2) is 8.78 Å². The lowest BCUT2D eigenvalue weighted by molar-refractivity contribution is -0.116. The van der Waals surface area contributed by atoms with Gasteiger partial charge in [-0.1, -0.05) is 37.1 Å². The standard InChI is InChI=1S/C25H28F2N2O/c1-24-9-10-29-22(30)12-17(24)3-4-18-20-6-5-19(25(20,2)8-7-21(18)24)15-11-16(23(26)27)14-28-13-15/h5-6,11-14,18,21,23H,3-4,7-10H2,1-2H3,(H,29,30)/t18-,21-,24-,25+/m0/s1. The lowest BCUT2D eigenvalue weighted by Gasteiger charge is -2.55. The van der Waals surface area contributed by atoms with Gasteiger partial charge in [0.1, 0.15) is 0 Å². The van der Waals surface area contributed by atoms with Crippen molar-refractivity contribution >= 4 is 11.5 Å². The molecule has 4 atom stereocenters. The molecule has 3 aliphatic carbocycles. The van der Waals surface area contributed by atoms with E-state index in [1.165, 1.54) is 17.3 Å². The maximum atomic E-state index is 13.2. The fraction of sp³-hybridized carbons (Fsp3) is 0.520. The molecule has 2 saturated carbocycles. The lowest BCUT2D eigenvalue weighted by atomic mass is 9.49. The van der Waals surface area contributed by atoms with Crippen LogP contribution in [0.15, 0.2) is 47.8 Å². The van der Waals surface area contributed by atoms with Gasteiger partial charge in [0.25, 0.3) is 6.43 Å². The van der Waals surface area contributed by atoms with E-state index in [-0.39, 0.29) is 22.3 Å². The fourth-order valence-corrected chi connectivity index (χ4v) is 6.70. The zero-order chi connectivity index (χ0) is 21.1. The first-order chi connectivity index (χ1) is 14.3. The second-order valence-corrected chi connectivity index (χ2v) is 9.76. The molecule has 0 saturated heterocycles. The van der Waals surface area contributed by atoms with Crippen molar-refractivity contribution in [1.82, 2.24) is 10.3 Å². The summed E-state index contributed by atoms with van der Waals surface area (Å²) in [7, 11) is 0. The average molecular weight is 411 g/mol. The van der Waals surface area contributed by atoms with Gasteiger partial charge in [-0.3, -0.25) is 9.78 Å². The van der Waals surface area contributed by atoms with Crippen LogP contribution in [0.2, 0.25) is 0 Å². The maximum Gasteiger partial charge on any atom is 0.265 e. The molecule has 158 valence electrons. The van der Waals surface area contributed by atoms with Crippen LogP contribution in [0.1, 0.15) is 63.5 Å². The Hall–Kier alpha value is -2.30. The third kappa shape index (κ3) is 2.81. The average Bonchev–Trinajstić information content (AvgIpc) is 2.99. The molecule has 0 bridgehead atoms. The smallest absolute Gasteiger partial charge is 0.265 e. The number of nitrogens with zero attached hydrogens (tertiary/aromatic N) is 1. The summed E-state index contributed by atoms with van der Waals surface area (Å²) in [6.45, 7) is 5.34. The van der Waals surface area contributed by atoms with E-state index in [0.29, 0.717) is 11.8 Å². The minimum atomic E-state index is -2.51. The fourth-order valence-electron chi connectivity index (χ4n) is 6.70. The molecule has 5 rings (SSSR count). The molecular weight excluding hydrogens is 382 g/mol. The van der Waals surface area contributed by atoms with Crippen molar-refractivity contribution in [1.29, 1.82) is 0 Å². The molecule has 1 aromatic rings. The SMILES string of the molecule is C[C@]12CC[C@H]3[C@@H](CCC4=CC(=O)NCC[C@@]43C)C1=CC=C2c1cncc(C(F)F)c1. The van der Waals surface area contributed by atoms with E-state index in [2.05, 4.69) is 36.3 Å². The summed E-state index contributed by atoms with van der Waals surface area (Å²) in [6.07, 6.45) is 11.8. The van der Waals surface area contributed by atoms with Crippen molar-refractivity contribution in [3.63, 3.8) is 0 Å². The maximum absolute atomic E-state index is 13.2. The van der Waals surface area contributed by atoms with E-state index in [1.54, 1.807) is 12.3 Å². The number of hydrogen-bond donors (Lipinski definition) is 1. The molecule has 2 heterocycles. The van der Waals surface area contributed by atoms with Crippen LogP contribution in [-0.2, 0) is 4.79 Å². The van der Waals surface area contributed by atoms with Crippen LogP contribution >= 0.6 is 0 Å². The Labute approximate surface area is 176 Å². The Kier molecular flexibility index (Phi) is 4.49. The summed E-state index contributed by atoms with van der Waals surface area (Å²) in [4.78, 5) is 16.2. The predicted molar refractivity (Wildman–Crippen MR) is 113 cm³/mol. The highest BCUT2D eigenvalue weighted by Gasteiger charge is 2.54. The minimum absolute atomic E-state index is 0.0188. The van der Waals surface area contributed by atoms with Crippen molar-refractivity contribution in [2.75, 3.05) is 6.54 Å². The summed E-state index contributed by atoms with van der Waals surface area (Å²) >= 11 is 0. The third-order valence-electron chi connectivity index (χ3n) is 8.35. The number of hydrogen-bond acceptors (Lipinski definition) is 2. The van der Waals surface area contributed by atoms with Gasteiger partial charge in [-0.05, 0) is 66.6 Å². The van der Waals surface area contributed by atoms with Gasteiger partial charge in [0, 0.05) is 36.0 Å². The van der Waals surface area contributed by atoms with Gasteiger partial charge < -0.3 is 5.32 Å². The summed E-state index contributed by atoms with van der Waals surface area (Å²) < 4.78 is 26.5. The molecule has 30 heavy (non-hydrogen) atoms. The highest BCUT2D eigenvalue weighted by molar-refractivity contribution is 5.89. The monoisotopic (exact) mass is 410 g/mol. The molecule has 5 heteroatoms. The van der Waals surface area contributed by atoms with Crippen molar-refractivity contribution in [2.45, 2.75) is 52.4 Å². The quantitative estimate of drug-likeness (QED) is 0.687. The first-order valence-electron chi connectivity index (χ1n) is 11.0. The van der Waals surface area contributed by atoms with Gasteiger partial charge in [0.2, 0.25) is 5.91 Å². The van der Waals surface area contributed by atoms with Crippen LogP contribution in [-0.4, -0.2) is 17.4 Å². The molecule has 0 aromatic carbocycles. The first-order valence-corrected chi connectivity index (χ1v) is 11.0. The number of pyridine rings is 1. The van der Waals surface area contributed by atoms with Gasteiger partial charge in [-0.15, -0.1) is 0 Å². The van der Waals surface area contributed by atoms with Crippen LogP contribution in [0.5, 0.6) is 0 Å². The molecule has 4 aliphatic rings. The van der Waals surface area contributed by atoms with Gasteiger partial charge in [-0.2, -0.15) is 0 Å². The van der Waals surface area contributed by atoms with Gasteiger partial charge in [0.15, 0.2) is 0 Å². The van der Waals surface area contributed by atoms with Crippen LogP contribution in [0.3, 0.4) is 0 Å². The minimum Gasteiger partial charge on any atom is -0.353 e. The molecule has 1 N–H and O–H groups in total. The number of carbonyl (C=O) groups is 1. The number of alkyl halides is 2. The predicted octanol–water partition coefficient (Wildman–Crippen LogP) is 5.62. The first kappa shape index (κ1) is 19.7. The summed E-state index contributed by atoms with van der Waals surface area (Å²) in [5.74, 6) is 1.03. The number of amides is 1. The van der Waals surface area contributed by atoms with Crippen LogP contribution < -0.4 is 5.32 Å². The van der Waals surface area contributed by atoms with Crippen molar-refractivity contribution in [3.05, 3.63) is 59.0 Å². The molecule has 1 aliphatic heterocycles. The Morgan fingerprint density at radius 2 is 2.00 bits per heavy atom. The Bertz CT molecular complexity index is 995. The number of halogens is 2. The summed E-state index contributed by atoms with van der Waals surface area (Å²) in [5, 5.41) is 3.01. The Morgan fingerprint density at radius 3 is 2.80 bits per heavy atom. The van der Waals surface area contributed by atoms with E-state index < -0.39 is 6.43 Å². The molecule has 1 aromatic heterocycles. The second-order valence-electron chi connectivity index (χ2n) is 9.76. The third-order valence-corrected chi connectivity index (χ3v) is 8.35.